The van der Waals surface area contributed by atoms with E-state index in [1.165, 1.54) is 51.4 Å². The van der Waals surface area contributed by atoms with E-state index in [2.05, 4.69) is 12.2 Å². The van der Waals surface area contributed by atoms with Gasteiger partial charge in [0, 0.05) is 42.4 Å². The first-order valence-electron chi connectivity index (χ1n) is 9.71. The Hall–Kier alpha value is -0.590. The topological polar surface area (TPSA) is 104 Å². The Balaban J connectivity index is 0. The largest absolute Gasteiger partial charge is 0.481 e. The molecule has 0 saturated heterocycles. The number of hydrogen-bond acceptors (Lipinski definition) is 3. The molecule has 147 valence electrons. The normalized spacial score (nSPS) is 11.4. The van der Waals surface area contributed by atoms with Crippen molar-refractivity contribution in [2.45, 2.75) is 103 Å². The number of carboxylic acids is 2. The number of carboxylic acid groups (broad SMARTS) is 2. The first kappa shape index (κ1) is 27.6. The van der Waals surface area contributed by atoms with Crippen molar-refractivity contribution in [1.82, 2.24) is 5.32 Å². The number of amides is 1. The van der Waals surface area contributed by atoms with Crippen molar-refractivity contribution in [1.29, 1.82) is 0 Å². The van der Waals surface area contributed by atoms with Crippen molar-refractivity contribution in [3.05, 3.63) is 0 Å². The van der Waals surface area contributed by atoms with Gasteiger partial charge in [-0.2, -0.15) is 0 Å². The van der Waals surface area contributed by atoms with Crippen molar-refractivity contribution < 1.29 is 24.6 Å². The van der Waals surface area contributed by atoms with Crippen LogP contribution in [0.15, 0.2) is 0 Å². The predicted molar refractivity (Wildman–Crippen MR) is 103 cm³/mol. The third-order valence-corrected chi connectivity index (χ3v) is 4.29. The summed E-state index contributed by atoms with van der Waals surface area (Å²) in [6.45, 7) is 2.22. The Morgan fingerprint density at radius 3 is 1.65 bits per heavy atom. The molecule has 0 bridgehead atoms. The van der Waals surface area contributed by atoms with Crippen molar-refractivity contribution in [2.75, 3.05) is 0 Å². The number of unbranched alkanes of at least 4 members (excludes halogenated alkanes) is 10. The average Bonchev–Trinajstić information content (AvgIpc) is 2.56. The summed E-state index contributed by atoms with van der Waals surface area (Å²) in [6, 6.07) is -1.11. The van der Waals surface area contributed by atoms with E-state index in [1.54, 1.807) is 0 Å². The van der Waals surface area contributed by atoms with Gasteiger partial charge < -0.3 is 15.5 Å². The fourth-order valence-electron chi connectivity index (χ4n) is 2.74. The summed E-state index contributed by atoms with van der Waals surface area (Å²) < 4.78 is 0. The Labute approximate surface area is 179 Å². The summed E-state index contributed by atoms with van der Waals surface area (Å²) in [5.41, 5.74) is 0. The van der Waals surface area contributed by atoms with Crippen molar-refractivity contribution >= 4 is 47.4 Å². The molecule has 0 saturated carbocycles. The molecule has 1 atom stereocenters. The summed E-state index contributed by atoms with van der Waals surface area (Å²) >= 11 is 0. The molecule has 7 heteroatoms. The average molecular weight is 380 g/mol. The SMILES string of the molecule is CCCCCCCCCCCCCC(=O)N[C@@H](CCC(=O)O)C(=O)O.[Na]. The van der Waals surface area contributed by atoms with Gasteiger partial charge in [0.15, 0.2) is 0 Å². The monoisotopic (exact) mass is 380 g/mol. The van der Waals surface area contributed by atoms with E-state index in [1.807, 2.05) is 0 Å². The van der Waals surface area contributed by atoms with Crippen molar-refractivity contribution in [2.24, 2.45) is 0 Å². The molecule has 0 aromatic rings. The second-order valence-corrected chi connectivity index (χ2v) is 6.68. The number of hydrogen-bond donors (Lipinski definition) is 3. The fourth-order valence-corrected chi connectivity index (χ4v) is 2.74. The fraction of sp³-hybridized carbons (Fsp3) is 0.842. The van der Waals surface area contributed by atoms with E-state index in [0.717, 1.165) is 19.3 Å². The molecular weight excluding hydrogens is 345 g/mol. The minimum Gasteiger partial charge on any atom is -0.481 e. The molecule has 1 amide bonds. The third kappa shape index (κ3) is 18.2. The van der Waals surface area contributed by atoms with E-state index in [4.69, 9.17) is 10.2 Å². The summed E-state index contributed by atoms with van der Waals surface area (Å²) in [4.78, 5) is 33.2. The van der Waals surface area contributed by atoms with Gasteiger partial charge in [0.05, 0.1) is 0 Å². The number of carbonyl (C=O) groups is 3. The third-order valence-electron chi connectivity index (χ3n) is 4.29. The summed E-state index contributed by atoms with van der Waals surface area (Å²) in [5.74, 6) is -2.56. The molecule has 0 rings (SSSR count). The first-order chi connectivity index (χ1) is 12.0. The second-order valence-electron chi connectivity index (χ2n) is 6.68. The zero-order chi connectivity index (χ0) is 18.9. The Kier molecular flexibility index (Phi) is 20.4. The first-order valence-corrected chi connectivity index (χ1v) is 9.71. The maximum atomic E-state index is 11.7. The Bertz CT molecular complexity index is 390. The van der Waals surface area contributed by atoms with Crippen LogP contribution in [0.4, 0.5) is 0 Å². The summed E-state index contributed by atoms with van der Waals surface area (Å²) in [7, 11) is 0. The van der Waals surface area contributed by atoms with Gasteiger partial charge in [0.25, 0.3) is 0 Å². The number of aliphatic carboxylic acids is 2. The molecule has 26 heavy (non-hydrogen) atoms. The van der Waals surface area contributed by atoms with Crippen LogP contribution >= 0.6 is 0 Å². The van der Waals surface area contributed by atoms with E-state index < -0.39 is 18.0 Å². The minimum absolute atomic E-state index is 0. The number of nitrogens with one attached hydrogen (secondary N) is 1. The second kappa shape index (κ2) is 19.2. The van der Waals surface area contributed by atoms with Crippen molar-refractivity contribution in [3.8, 4) is 0 Å². The molecule has 0 aliphatic carbocycles. The maximum absolute atomic E-state index is 11.7. The van der Waals surface area contributed by atoms with Crippen LogP contribution in [0.25, 0.3) is 0 Å². The van der Waals surface area contributed by atoms with Crippen LogP contribution in [-0.4, -0.2) is 63.7 Å². The molecule has 0 unspecified atom stereocenters. The van der Waals surface area contributed by atoms with Crippen LogP contribution in [0.2, 0.25) is 0 Å². The quantitative estimate of drug-likeness (QED) is 0.263. The number of rotatable bonds is 17. The maximum Gasteiger partial charge on any atom is 0.326 e. The standard InChI is InChI=1S/C19H35NO5.Na/c1-2-3-4-5-6-7-8-9-10-11-12-13-17(21)20-16(19(24)25)14-15-18(22)23;/h16H,2-15H2,1H3,(H,20,21)(H,22,23)(H,24,25);/t16-;/m0./s1. The molecule has 1 radical (unpaired) electrons. The molecule has 0 heterocycles. The van der Waals surface area contributed by atoms with E-state index in [-0.39, 0.29) is 48.3 Å². The molecule has 6 nitrogen and oxygen atoms in total. The van der Waals surface area contributed by atoms with Crippen LogP contribution in [0.5, 0.6) is 0 Å². The van der Waals surface area contributed by atoms with Crippen LogP contribution in [0.1, 0.15) is 96.8 Å². The van der Waals surface area contributed by atoms with Gasteiger partial charge in [-0.1, -0.05) is 71.1 Å². The zero-order valence-electron chi connectivity index (χ0n) is 16.6. The van der Waals surface area contributed by atoms with Crippen LogP contribution in [0.3, 0.4) is 0 Å². The molecule has 0 aromatic carbocycles. The number of carbonyl (C=O) groups excluding carboxylic acids is 1. The van der Waals surface area contributed by atoms with Crippen LogP contribution in [0, 0.1) is 0 Å². The van der Waals surface area contributed by atoms with Crippen LogP contribution < -0.4 is 5.32 Å². The zero-order valence-corrected chi connectivity index (χ0v) is 18.6. The Morgan fingerprint density at radius 2 is 1.23 bits per heavy atom. The van der Waals surface area contributed by atoms with Gasteiger partial charge >= 0.3 is 11.9 Å². The minimum atomic E-state index is -1.19. The van der Waals surface area contributed by atoms with E-state index in [9.17, 15) is 14.4 Å². The predicted octanol–water partition coefficient (Wildman–Crippen LogP) is 3.74. The molecule has 0 aliphatic heterocycles. The van der Waals surface area contributed by atoms with Crippen LogP contribution in [-0.2, 0) is 14.4 Å². The smallest absolute Gasteiger partial charge is 0.326 e. The van der Waals surface area contributed by atoms with E-state index in [0.29, 0.717) is 6.42 Å². The van der Waals surface area contributed by atoms with Crippen molar-refractivity contribution in [3.63, 3.8) is 0 Å². The molecule has 0 spiro atoms. The molecule has 0 aliphatic rings. The molecular formula is C19H35NNaO5. The van der Waals surface area contributed by atoms with E-state index >= 15 is 0 Å². The van der Waals surface area contributed by atoms with Gasteiger partial charge in [0.2, 0.25) is 5.91 Å². The Morgan fingerprint density at radius 1 is 0.769 bits per heavy atom. The molecule has 0 aromatic heterocycles. The van der Waals surface area contributed by atoms with Gasteiger partial charge in [-0.15, -0.1) is 0 Å². The molecule has 3 N–H and O–H groups in total. The van der Waals surface area contributed by atoms with Gasteiger partial charge in [-0.05, 0) is 12.8 Å². The molecule has 0 fully saturated rings. The summed E-state index contributed by atoms with van der Waals surface area (Å²) in [6.07, 6.45) is 13.1. The van der Waals surface area contributed by atoms with Gasteiger partial charge in [-0.3, -0.25) is 9.59 Å². The van der Waals surface area contributed by atoms with Gasteiger partial charge in [0.1, 0.15) is 6.04 Å². The van der Waals surface area contributed by atoms with Gasteiger partial charge in [-0.25, -0.2) is 4.79 Å². The summed E-state index contributed by atoms with van der Waals surface area (Å²) in [5, 5.41) is 20.0.